The summed E-state index contributed by atoms with van der Waals surface area (Å²) < 4.78 is 0. The SMILES string of the molecule is CCC(C)(C)NC(NC)C(C)(C)CC. The van der Waals surface area contributed by atoms with Gasteiger partial charge in [0.15, 0.2) is 0 Å². The molecule has 0 aromatic rings. The van der Waals surface area contributed by atoms with Gasteiger partial charge in [-0.05, 0) is 39.2 Å². The van der Waals surface area contributed by atoms with Crippen molar-refractivity contribution >= 4 is 0 Å². The van der Waals surface area contributed by atoms with Gasteiger partial charge >= 0.3 is 0 Å². The van der Waals surface area contributed by atoms with E-state index in [-0.39, 0.29) is 5.54 Å². The van der Waals surface area contributed by atoms with E-state index in [0.29, 0.717) is 11.6 Å². The van der Waals surface area contributed by atoms with Crippen molar-refractivity contribution in [3.05, 3.63) is 0 Å². The molecule has 2 nitrogen and oxygen atoms in total. The first-order valence-corrected chi connectivity index (χ1v) is 5.74. The van der Waals surface area contributed by atoms with E-state index in [2.05, 4.69) is 52.2 Å². The third kappa shape index (κ3) is 3.97. The highest BCUT2D eigenvalue weighted by Gasteiger charge is 2.30. The standard InChI is InChI=1S/C12H28N2/c1-8-11(3,4)10(13-7)14-12(5,6)9-2/h10,13-14H,8-9H2,1-7H3. The van der Waals surface area contributed by atoms with Gasteiger partial charge in [-0.1, -0.05) is 27.7 Å². The lowest BCUT2D eigenvalue weighted by Crippen LogP contribution is -2.57. The van der Waals surface area contributed by atoms with Gasteiger partial charge in [0.2, 0.25) is 0 Å². The number of hydrogen-bond acceptors (Lipinski definition) is 2. The Kier molecular flexibility index (Phi) is 5.10. The first-order chi connectivity index (χ1) is 6.29. The highest BCUT2D eigenvalue weighted by Crippen LogP contribution is 2.25. The van der Waals surface area contributed by atoms with Crippen LogP contribution in [0.25, 0.3) is 0 Å². The van der Waals surface area contributed by atoms with Gasteiger partial charge in [0.25, 0.3) is 0 Å². The van der Waals surface area contributed by atoms with Crippen LogP contribution in [0.2, 0.25) is 0 Å². The average Bonchev–Trinajstić information content (AvgIpc) is 2.14. The Hall–Kier alpha value is -0.0800. The van der Waals surface area contributed by atoms with E-state index in [4.69, 9.17) is 0 Å². The van der Waals surface area contributed by atoms with Crippen molar-refractivity contribution in [2.45, 2.75) is 66.1 Å². The number of rotatable bonds is 6. The molecule has 0 spiro atoms. The minimum atomic E-state index is 0.208. The predicted octanol–water partition coefficient (Wildman–Crippen LogP) is 2.75. The highest BCUT2D eigenvalue weighted by atomic mass is 15.2. The second kappa shape index (κ2) is 5.13. The van der Waals surface area contributed by atoms with Crippen LogP contribution < -0.4 is 10.6 Å². The molecular formula is C12H28N2. The summed E-state index contributed by atoms with van der Waals surface area (Å²) in [6, 6.07) is 0. The maximum atomic E-state index is 3.67. The third-order valence-electron chi connectivity index (χ3n) is 3.40. The van der Waals surface area contributed by atoms with Gasteiger partial charge in [-0.3, -0.25) is 5.32 Å². The van der Waals surface area contributed by atoms with Gasteiger partial charge in [-0.15, -0.1) is 0 Å². The van der Waals surface area contributed by atoms with Crippen LogP contribution in [-0.2, 0) is 0 Å². The van der Waals surface area contributed by atoms with Crippen LogP contribution in [0, 0.1) is 5.41 Å². The second-order valence-electron chi connectivity index (χ2n) is 5.45. The van der Waals surface area contributed by atoms with Crippen LogP contribution in [0.15, 0.2) is 0 Å². The molecule has 0 heterocycles. The molecule has 0 aromatic heterocycles. The summed E-state index contributed by atoms with van der Waals surface area (Å²) in [5.41, 5.74) is 0.501. The van der Waals surface area contributed by atoms with Crippen molar-refractivity contribution in [3.63, 3.8) is 0 Å². The van der Waals surface area contributed by atoms with Crippen LogP contribution in [0.4, 0.5) is 0 Å². The van der Waals surface area contributed by atoms with E-state index in [0.717, 1.165) is 6.42 Å². The molecular weight excluding hydrogens is 172 g/mol. The fourth-order valence-electron chi connectivity index (χ4n) is 1.36. The van der Waals surface area contributed by atoms with Crippen molar-refractivity contribution in [3.8, 4) is 0 Å². The third-order valence-corrected chi connectivity index (χ3v) is 3.40. The highest BCUT2D eigenvalue weighted by molar-refractivity contribution is 4.87. The van der Waals surface area contributed by atoms with Crippen LogP contribution in [-0.4, -0.2) is 18.8 Å². The van der Waals surface area contributed by atoms with Crippen molar-refractivity contribution in [2.24, 2.45) is 5.41 Å². The van der Waals surface area contributed by atoms with E-state index in [1.807, 2.05) is 7.05 Å². The quantitative estimate of drug-likeness (QED) is 0.644. The van der Waals surface area contributed by atoms with Crippen LogP contribution in [0.3, 0.4) is 0 Å². The molecule has 0 saturated heterocycles. The molecule has 0 saturated carbocycles. The molecule has 86 valence electrons. The van der Waals surface area contributed by atoms with Crippen LogP contribution in [0.5, 0.6) is 0 Å². The maximum Gasteiger partial charge on any atom is 0.0625 e. The van der Waals surface area contributed by atoms with Gasteiger partial charge in [-0.2, -0.15) is 0 Å². The van der Waals surface area contributed by atoms with E-state index in [1.165, 1.54) is 6.42 Å². The Balaban J connectivity index is 4.44. The Morgan fingerprint density at radius 3 is 1.79 bits per heavy atom. The fourth-order valence-corrected chi connectivity index (χ4v) is 1.36. The summed E-state index contributed by atoms with van der Waals surface area (Å²) in [4.78, 5) is 0. The van der Waals surface area contributed by atoms with Gasteiger partial charge in [0.1, 0.15) is 0 Å². The molecule has 0 bridgehead atoms. The number of nitrogens with one attached hydrogen (secondary N) is 2. The Labute approximate surface area is 89.9 Å². The monoisotopic (exact) mass is 200 g/mol. The summed E-state index contributed by atoms with van der Waals surface area (Å²) in [7, 11) is 2.03. The molecule has 0 radical (unpaired) electrons. The first-order valence-electron chi connectivity index (χ1n) is 5.74. The zero-order valence-electron chi connectivity index (χ0n) is 11.0. The molecule has 2 N–H and O–H groups in total. The van der Waals surface area contributed by atoms with Crippen molar-refractivity contribution in [1.82, 2.24) is 10.6 Å². The van der Waals surface area contributed by atoms with Gasteiger partial charge in [-0.25, -0.2) is 0 Å². The topological polar surface area (TPSA) is 24.1 Å². The van der Waals surface area contributed by atoms with Crippen molar-refractivity contribution < 1.29 is 0 Å². The van der Waals surface area contributed by atoms with Crippen molar-refractivity contribution in [1.29, 1.82) is 0 Å². The molecule has 0 amide bonds. The first kappa shape index (κ1) is 13.9. The van der Waals surface area contributed by atoms with Gasteiger partial charge in [0, 0.05) is 5.54 Å². The summed E-state index contributed by atoms with van der Waals surface area (Å²) in [5, 5.41) is 7.05. The molecule has 0 rings (SSSR count). The predicted molar refractivity (Wildman–Crippen MR) is 64.4 cm³/mol. The van der Waals surface area contributed by atoms with E-state index >= 15 is 0 Å². The lowest BCUT2D eigenvalue weighted by Gasteiger charge is -2.40. The lowest BCUT2D eigenvalue weighted by molar-refractivity contribution is 0.160. The van der Waals surface area contributed by atoms with E-state index in [9.17, 15) is 0 Å². The van der Waals surface area contributed by atoms with Crippen molar-refractivity contribution in [2.75, 3.05) is 7.05 Å². The summed E-state index contributed by atoms with van der Waals surface area (Å²) in [5.74, 6) is 0. The van der Waals surface area contributed by atoms with Gasteiger partial charge < -0.3 is 5.32 Å². The molecule has 14 heavy (non-hydrogen) atoms. The van der Waals surface area contributed by atoms with E-state index in [1.54, 1.807) is 0 Å². The van der Waals surface area contributed by atoms with Crippen LogP contribution >= 0.6 is 0 Å². The Morgan fingerprint density at radius 2 is 1.50 bits per heavy atom. The zero-order valence-corrected chi connectivity index (χ0v) is 11.0. The van der Waals surface area contributed by atoms with Crippen LogP contribution in [0.1, 0.15) is 54.4 Å². The Bertz CT molecular complexity index is 162. The molecule has 0 aromatic carbocycles. The van der Waals surface area contributed by atoms with Gasteiger partial charge in [0.05, 0.1) is 6.17 Å². The second-order valence-corrected chi connectivity index (χ2v) is 5.45. The molecule has 1 unspecified atom stereocenters. The van der Waals surface area contributed by atoms with E-state index < -0.39 is 0 Å². The summed E-state index contributed by atoms with van der Waals surface area (Å²) >= 11 is 0. The molecule has 0 aliphatic heterocycles. The fraction of sp³-hybridized carbons (Fsp3) is 1.00. The molecule has 0 aliphatic rings. The zero-order chi connectivity index (χ0) is 11.4. The average molecular weight is 200 g/mol. The minimum absolute atomic E-state index is 0.208. The number of hydrogen-bond donors (Lipinski definition) is 2. The largest absolute Gasteiger partial charge is 0.305 e. The smallest absolute Gasteiger partial charge is 0.0625 e. The molecule has 1 atom stereocenters. The lowest BCUT2D eigenvalue weighted by atomic mass is 9.85. The molecule has 2 heteroatoms. The summed E-state index contributed by atoms with van der Waals surface area (Å²) in [6.07, 6.45) is 2.69. The minimum Gasteiger partial charge on any atom is -0.305 e. The molecule has 0 fully saturated rings. The summed E-state index contributed by atoms with van der Waals surface area (Å²) in [6.45, 7) is 13.6. The maximum absolute atomic E-state index is 3.67. The Morgan fingerprint density at radius 1 is 1.00 bits per heavy atom. The molecule has 0 aliphatic carbocycles. The normalized spacial score (nSPS) is 15.6.